The molecule has 1 aliphatic rings. The predicted molar refractivity (Wildman–Crippen MR) is 59.0 cm³/mol. The van der Waals surface area contributed by atoms with E-state index in [-0.39, 0.29) is 0 Å². The zero-order chi connectivity index (χ0) is 9.54. The van der Waals surface area contributed by atoms with Gasteiger partial charge in [0.25, 0.3) is 0 Å². The number of hydrogen-bond donors (Lipinski definition) is 0. The number of hydrogen-bond acceptors (Lipinski definition) is 1. The molecule has 66 valence electrons. The van der Waals surface area contributed by atoms with Gasteiger partial charge >= 0.3 is 0 Å². The van der Waals surface area contributed by atoms with Crippen LogP contribution in [0, 0.1) is 0 Å². The summed E-state index contributed by atoms with van der Waals surface area (Å²) in [6.07, 6.45) is 6.38. The Morgan fingerprint density at radius 1 is 1.29 bits per heavy atom. The number of fused-ring (bicyclic) bond motifs is 3. The Morgan fingerprint density at radius 2 is 2.21 bits per heavy atom. The van der Waals surface area contributed by atoms with Crippen LogP contribution in [0.2, 0.25) is 0 Å². The normalized spacial score (nSPS) is 14.6. The van der Waals surface area contributed by atoms with E-state index in [1.807, 2.05) is 18.2 Å². The van der Waals surface area contributed by atoms with Gasteiger partial charge in [-0.2, -0.15) is 0 Å². The lowest BCUT2D eigenvalue weighted by molar-refractivity contribution is 0.546. The van der Waals surface area contributed by atoms with Crippen molar-refractivity contribution in [2.45, 2.75) is 12.8 Å². The number of benzene rings is 1. The summed E-state index contributed by atoms with van der Waals surface area (Å²) in [5, 5.41) is 1.14. The smallest absolute Gasteiger partial charge is 0.134 e. The van der Waals surface area contributed by atoms with Gasteiger partial charge in [-0.1, -0.05) is 29.7 Å². The number of aryl methyl sites for hydroxylation is 1. The van der Waals surface area contributed by atoms with Crippen molar-refractivity contribution in [3.05, 3.63) is 35.6 Å². The van der Waals surface area contributed by atoms with E-state index in [4.69, 9.17) is 12.3 Å². The van der Waals surface area contributed by atoms with E-state index < -0.39 is 0 Å². The molecular weight excluding hydrogens is 171 g/mol. The molecule has 3 rings (SSSR count). The summed E-state index contributed by atoms with van der Waals surface area (Å²) in [6, 6.07) is 5.80. The summed E-state index contributed by atoms with van der Waals surface area (Å²) in [5.74, 6) is 1.09. The minimum atomic E-state index is 0.792. The molecule has 0 N–H and O–H groups in total. The summed E-state index contributed by atoms with van der Waals surface area (Å²) < 4.78 is 5.74. The molecule has 1 aliphatic carbocycles. The maximum Gasteiger partial charge on any atom is 0.134 e. The molecule has 0 fully saturated rings. The standard InChI is InChI=1S/C12H9BO/c13-8-5-6-12-10(7-8)9-3-1-2-4-11(9)14-12/h1,3,5-7H,2,4H2. The highest BCUT2D eigenvalue weighted by molar-refractivity contribution is 6.33. The van der Waals surface area contributed by atoms with Gasteiger partial charge < -0.3 is 4.42 Å². The lowest BCUT2D eigenvalue weighted by Crippen LogP contribution is -1.99. The maximum absolute atomic E-state index is 5.75. The fourth-order valence-corrected chi connectivity index (χ4v) is 1.97. The van der Waals surface area contributed by atoms with E-state index in [0.29, 0.717) is 0 Å². The van der Waals surface area contributed by atoms with Crippen molar-refractivity contribution >= 4 is 30.4 Å². The molecule has 0 bridgehead atoms. The topological polar surface area (TPSA) is 13.1 Å². The van der Waals surface area contributed by atoms with Crippen molar-refractivity contribution in [1.29, 1.82) is 0 Å². The van der Waals surface area contributed by atoms with E-state index in [2.05, 4.69) is 12.2 Å². The monoisotopic (exact) mass is 180 g/mol. The molecule has 2 heteroatoms. The van der Waals surface area contributed by atoms with Crippen molar-refractivity contribution in [1.82, 2.24) is 0 Å². The van der Waals surface area contributed by atoms with E-state index in [1.54, 1.807) is 0 Å². The first-order valence-corrected chi connectivity index (χ1v) is 4.82. The van der Waals surface area contributed by atoms with Crippen molar-refractivity contribution in [3.63, 3.8) is 0 Å². The molecule has 2 radical (unpaired) electrons. The van der Waals surface area contributed by atoms with Crippen LogP contribution in [0.1, 0.15) is 17.7 Å². The highest BCUT2D eigenvalue weighted by atomic mass is 16.3. The second-order valence-electron chi connectivity index (χ2n) is 3.64. The van der Waals surface area contributed by atoms with Crippen molar-refractivity contribution in [3.8, 4) is 0 Å². The van der Waals surface area contributed by atoms with Crippen molar-refractivity contribution < 1.29 is 4.42 Å². The Balaban J connectivity index is 2.39. The Bertz CT molecular complexity index is 522. The quantitative estimate of drug-likeness (QED) is 0.566. The minimum Gasteiger partial charge on any atom is -0.460 e. The van der Waals surface area contributed by atoms with Gasteiger partial charge in [-0.05, 0) is 12.5 Å². The first-order valence-electron chi connectivity index (χ1n) is 4.82. The third-order valence-corrected chi connectivity index (χ3v) is 2.65. The lowest BCUT2D eigenvalue weighted by Gasteiger charge is -2.01. The third kappa shape index (κ3) is 1.03. The fourth-order valence-electron chi connectivity index (χ4n) is 1.97. The molecule has 0 atom stereocenters. The molecule has 1 aromatic carbocycles. The lowest BCUT2D eigenvalue weighted by atomic mass is 9.93. The molecule has 14 heavy (non-hydrogen) atoms. The minimum absolute atomic E-state index is 0.792. The molecule has 1 heterocycles. The molecule has 0 saturated carbocycles. The first-order chi connectivity index (χ1) is 6.84. The Labute approximate surface area is 83.8 Å². The van der Waals surface area contributed by atoms with Crippen LogP contribution in [-0.4, -0.2) is 7.85 Å². The maximum atomic E-state index is 5.75. The van der Waals surface area contributed by atoms with Gasteiger partial charge in [0, 0.05) is 17.4 Å². The van der Waals surface area contributed by atoms with Gasteiger partial charge in [0.2, 0.25) is 0 Å². The highest BCUT2D eigenvalue weighted by Crippen LogP contribution is 2.29. The van der Waals surface area contributed by atoms with E-state index >= 15 is 0 Å². The molecule has 0 unspecified atom stereocenters. The zero-order valence-corrected chi connectivity index (χ0v) is 7.79. The molecule has 2 aromatic rings. The van der Waals surface area contributed by atoms with Gasteiger partial charge in [-0.15, -0.1) is 0 Å². The fraction of sp³-hybridized carbons (Fsp3) is 0.167. The summed E-state index contributed by atoms with van der Waals surface area (Å²) in [7, 11) is 5.75. The Hall–Kier alpha value is -1.44. The molecular formula is C12H9BO. The van der Waals surface area contributed by atoms with Crippen LogP contribution in [0.3, 0.4) is 0 Å². The van der Waals surface area contributed by atoms with Crippen LogP contribution in [-0.2, 0) is 6.42 Å². The van der Waals surface area contributed by atoms with Crippen LogP contribution in [0.15, 0.2) is 28.7 Å². The summed E-state index contributed by atoms with van der Waals surface area (Å²) in [6.45, 7) is 0. The predicted octanol–water partition coefficient (Wildman–Crippen LogP) is 2.19. The van der Waals surface area contributed by atoms with Gasteiger partial charge in [0.1, 0.15) is 19.2 Å². The number of rotatable bonds is 0. The second-order valence-corrected chi connectivity index (χ2v) is 3.64. The molecule has 0 aliphatic heterocycles. The van der Waals surface area contributed by atoms with E-state index in [1.165, 1.54) is 5.56 Å². The summed E-state index contributed by atoms with van der Waals surface area (Å²) >= 11 is 0. The molecule has 1 aromatic heterocycles. The zero-order valence-electron chi connectivity index (χ0n) is 7.79. The molecule has 0 spiro atoms. The van der Waals surface area contributed by atoms with Crippen LogP contribution >= 0.6 is 0 Å². The van der Waals surface area contributed by atoms with E-state index in [9.17, 15) is 0 Å². The van der Waals surface area contributed by atoms with Gasteiger partial charge in [0.05, 0.1) is 0 Å². The molecule has 0 saturated heterocycles. The Kier molecular flexibility index (Phi) is 1.57. The number of furan rings is 1. The van der Waals surface area contributed by atoms with Crippen LogP contribution in [0.25, 0.3) is 17.0 Å². The number of allylic oxidation sites excluding steroid dienone is 1. The second kappa shape index (κ2) is 2.78. The van der Waals surface area contributed by atoms with E-state index in [0.717, 1.165) is 35.0 Å². The van der Waals surface area contributed by atoms with Crippen LogP contribution < -0.4 is 5.46 Å². The SMILES string of the molecule is [B]c1ccc2oc3c(c2c1)C=CCC3. The van der Waals surface area contributed by atoms with Crippen molar-refractivity contribution in [2.75, 3.05) is 0 Å². The average Bonchev–Trinajstić information content (AvgIpc) is 2.56. The first kappa shape index (κ1) is 7.92. The van der Waals surface area contributed by atoms with Gasteiger partial charge in [0.15, 0.2) is 0 Å². The van der Waals surface area contributed by atoms with Gasteiger partial charge in [-0.3, -0.25) is 0 Å². The van der Waals surface area contributed by atoms with Crippen LogP contribution in [0.4, 0.5) is 0 Å². The largest absolute Gasteiger partial charge is 0.460 e. The molecule has 0 amide bonds. The average molecular weight is 180 g/mol. The Morgan fingerprint density at radius 3 is 3.14 bits per heavy atom. The highest BCUT2D eigenvalue weighted by Gasteiger charge is 2.13. The summed E-state index contributed by atoms with van der Waals surface area (Å²) in [4.78, 5) is 0. The molecule has 1 nitrogen and oxygen atoms in total. The summed E-state index contributed by atoms with van der Waals surface area (Å²) in [5.41, 5.74) is 2.94. The van der Waals surface area contributed by atoms with Gasteiger partial charge in [-0.25, -0.2) is 0 Å². The van der Waals surface area contributed by atoms with Crippen LogP contribution in [0.5, 0.6) is 0 Å². The third-order valence-electron chi connectivity index (χ3n) is 2.65. The van der Waals surface area contributed by atoms with Crippen molar-refractivity contribution in [2.24, 2.45) is 0 Å².